The Morgan fingerprint density at radius 1 is 1.14 bits per heavy atom. The highest BCUT2D eigenvalue weighted by Gasteiger charge is 2.32. The van der Waals surface area contributed by atoms with Gasteiger partial charge in [-0.3, -0.25) is 9.69 Å². The number of carbonyl (C=O) groups excluding carboxylic acids is 2. The number of hydrogen-bond acceptors (Lipinski definition) is 5. The van der Waals surface area contributed by atoms with E-state index in [0.717, 1.165) is 36.7 Å². The molecular formula is C21H25N3O3S2. The van der Waals surface area contributed by atoms with Crippen LogP contribution < -0.4 is 9.64 Å². The fraction of sp³-hybridized carbons (Fsp3) is 0.429. The number of rotatable bonds is 5. The summed E-state index contributed by atoms with van der Waals surface area (Å²) in [6.07, 6.45) is 0.961. The lowest BCUT2D eigenvalue weighted by Crippen LogP contribution is -2.43. The van der Waals surface area contributed by atoms with Gasteiger partial charge in [-0.15, -0.1) is 11.3 Å². The molecule has 29 heavy (non-hydrogen) atoms. The highest BCUT2D eigenvalue weighted by Crippen LogP contribution is 2.36. The zero-order valence-electron chi connectivity index (χ0n) is 16.5. The smallest absolute Gasteiger partial charge is 0.325 e. The van der Waals surface area contributed by atoms with Crippen LogP contribution in [-0.4, -0.2) is 67.3 Å². The number of thiophene rings is 1. The number of nitrogens with zero attached hydrogens (tertiary/aromatic N) is 3. The third-order valence-electron chi connectivity index (χ3n) is 5.36. The summed E-state index contributed by atoms with van der Waals surface area (Å²) in [6.45, 7) is 2.81. The molecular weight excluding hydrogens is 406 g/mol. The summed E-state index contributed by atoms with van der Waals surface area (Å²) in [6, 6.07) is 11.6. The molecule has 1 atom stereocenters. The lowest BCUT2D eigenvalue weighted by Gasteiger charge is -2.24. The maximum absolute atomic E-state index is 12.9. The highest BCUT2D eigenvalue weighted by atomic mass is 32.2. The second-order valence-corrected chi connectivity index (χ2v) is 9.39. The highest BCUT2D eigenvalue weighted by molar-refractivity contribution is 7.99. The predicted octanol–water partition coefficient (Wildman–Crippen LogP) is 3.71. The van der Waals surface area contributed by atoms with Gasteiger partial charge in [0.2, 0.25) is 5.91 Å². The van der Waals surface area contributed by atoms with Gasteiger partial charge in [0, 0.05) is 47.7 Å². The van der Waals surface area contributed by atoms with Gasteiger partial charge in [0.1, 0.15) is 12.3 Å². The molecule has 2 aliphatic heterocycles. The largest absolute Gasteiger partial charge is 0.497 e. The molecule has 2 aromatic rings. The number of thioether (sulfide) groups is 1. The standard InChI is InChI=1S/C21H25N3O3S2/c1-27-17-6-4-16(5-7-17)24-11-10-23(21(24)26)15-20(25)22-9-8-19(29-14-12-22)18-3-2-13-28-18/h2-7,13,19H,8-12,14-15H2,1H3. The minimum Gasteiger partial charge on any atom is -0.497 e. The van der Waals surface area contributed by atoms with Gasteiger partial charge in [-0.05, 0) is 42.1 Å². The average molecular weight is 432 g/mol. The van der Waals surface area contributed by atoms with Crippen LogP contribution in [0.4, 0.5) is 10.5 Å². The number of urea groups is 1. The molecule has 3 amide bonds. The van der Waals surface area contributed by atoms with Crippen LogP contribution in [0.25, 0.3) is 0 Å². The maximum atomic E-state index is 12.9. The second kappa shape index (κ2) is 9.09. The number of benzene rings is 1. The Kier molecular flexibility index (Phi) is 6.30. The van der Waals surface area contributed by atoms with E-state index in [0.29, 0.717) is 18.3 Å². The van der Waals surface area contributed by atoms with E-state index in [1.807, 2.05) is 40.9 Å². The first-order valence-electron chi connectivity index (χ1n) is 9.79. The van der Waals surface area contributed by atoms with E-state index >= 15 is 0 Å². The Hall–Kier alpha value is -2.19. The number of ether oxygens (including phenoxy) is 1. The van der Waals surface area contributed by atoms with Crippen molar-refractivity contribution >= 4 is 40.7 Å². The molecule has 0 bridgehead atoms. The van der Waals surface area contributed by atoms with E-state index in [2.05, 4.69) is 17.5 Å². The lowest BCUT2D eigenvalue weighted by molar-refractivity contribution is -0.131. The molecule has 0 aliphatic carbocycles. The normalized spacial score (nSPS) is 20.1. The summed E-state index contributed by atoms with van der Waals surface area (Å²) in [7, 11) is 1.62. The first kappa shape index (κ1) is 20.1. The SMILES string of the molecule is COc1ccc(N2CCN(CC(=O)N3CCSC(c4cccs4)CC3)C2=O)cc1. The molecule has 6 nitrogen and oxygen atoms in total. The minimum absolute atomic E-state index is 0.0439. The Labute approximate surface area is 179 Å². The Balaban J connectivity index is 1.33. The van der Waals surface area contributed by atoms with Crippen LogP contribution in [0.15, 0.2) is 41.8 Å². The van der Waals surface area contributed by atoms with Gasteiger partial charge in [0.25, 0.3) is 0 Å². The number of carbonyl (C=O) groups is 2. The molecule has 2 aliphatic rings. The monoisotopic (exact) mass is 431 g/mol. The van der Waals surface area contributed by atoms with Gasteiger partial charge >= 0.3 is 6.03 Å². The Morgan fingerprint density at radius 3 is 2.69 bits per heavy atom. The van der Waals surface area contributed by atoms with Gasteiger partial charge in [-0.1, -0.05) is 6.07 Å². The summed E-state index contributed by atoms with van der Waals surface area (Å²) in [5.74, 6) is 1.73. The van der Waals surface area contributed by atoms with Gasteiger partial charge in [0.15, 0.2) is 0 Å². The van der Waals surface area contributed by atoms with Crippen molar-refractivity contribution in [1.82, 2.24) is 9.80 Å². The van der Waals surface area contributed by atoms with Gasteiger partial charge < -0.3 is 14.5 Å². The topological polar surface area (TPSA) is 53.1 Å². The van der Waals surface area contributed by atoms with Crippen LogP contribution in [-0.2, 0) is 4.79 Å². The van der Waals surface area contributed by atoms with Gasteiger partial charge in [-0.25, -0.2) is 4.79 Å². The first-order chi connectivity index (χ1) is 14.2. The number of methoxy groups -OCH3 is 1. The number of hydrogen-bond donors (Lipinski definition) is 0. The fourth-order valence-corrected chi connectivity index (χ4v) is 5.95. The van der Waals surface area contributed by atoms with E-state index in [4.69, 9.17) is 4.74 Å². The van der Waals surface area contributed by atoms with Crippen LogP contribution in [0.1, 0.15) is 16.5 Å². The molecule has 0 saturated carbocycles. The predicted molar refractivity (Wildman–Crippen MR) is 118 cm³/mol. The van der Waals surface area contributed by atoms with E-state index < -0.39 is 0 Å². The van der Waals surface area contributed by atoms with E-state index in [1.165, 1.54) is 4.88 Å². The molecule has 154 valence electrons. The maximum Gasteiger partial charge on any atom is 0.325 e. The fourth-order valence-electron chi connectivity index (χ4n) is 3.72. The lowest BCUT2D eigenvalue weighted by atomic mass is 10.2. The molecule has 2 saturated heterocycles. The summed E-state index contributed by atoms with van der Waals surface area (Å²) in [4.78, 5) is 32.3. The molecule has 0 N–H and O–H groups in total. The second-order valence-electron chi connectivity index (χ2n) is 7.10. The van der Waals surface area contributed by atoms with Gasteiger partial charge in [-0.2, -0.15) is 11.8 Å². The summed E-state index contributed by atoms with van der Waals surface area (Å²) >= 11 is 3.71. The molecule has 1 aromatic carbocycles. The number of amides is 3. The van der Waals surface area contributed by atoms with Crippen LogP contribution in [0.2, 0.25) is 0 Å². The molecule has 8 heteroatoms. The zero-order valence-corrected chi connectivity index (χ0v) is 18.1. The first-order valence-corrected chi connectivity index (χ1v) is 11.7. The Morgan fingerprint density at radius 2 is 1.97 bits per heavy atom. The van der Waals surface area contributed by atoms with Crippen molar-refractivity contribution in [3.63, 3.8) is 0 Å². The third kappa shape index (κ3) is 4.53. The minimum atomic E-state index is -0.107. The zero-order chi connectivity index (χ0) is 20.2. The molecule has 0 radical (unpaired) electrons. The third-order valence-corrected chi connectivity index (χ3v) is 7.81. The quantitative estimate of drug-likeness (QED) is 0.724. The molecule has 2 fully saturated rings. The molecule has 3 heterocycles. The van der Waals surface area contributed by atoms with Crippen molar-refractivity contribution in [3.05, 3.63) is 46.7 Å². The van der Waals surface area contributed by atoms with Crippen LogP contribution in [0.3, 0.4) is 0 Å². The van der Waals surface area contributed by atoms with Crippen LogP contribution >= 0.6 is 23.1 Å². The van der Waals surface area contributed by atoms with Crippen LogP contribution in [0, 0.1) is 0 Å². The average Bonchev–Trinajstić information content (AvgIpc) is 3.33. The molecule has 0 spiro atoms. The van der Waals surface area contributed by atoms with E-state index in [-0.39, 0.29) is 18.5 Å². The summed E-state index contributed by atoms with van der Waals surface area (Å²) in [5.41, 5.74) is 0.829. The van der Waals surface area contributed by atoms with Crippen molar-refractivity contribution in [2.75, 3.05) is 50.5 Å². The van der Waals surface area contributed by atoms with Gasteiger partial charge in [0.05, 0.1) is 7.11 Å². The number of anilines is 1. The van der Waals surface area contributed by atoms with Crippen molar-refractivity contribution in [3.8, 4) is 5.75 Å². The van der Waals surface area contributed by atoms with Crippen LogP contribution in [0.5, 0.6) is 5.75 Å². The van der Waals surface area contributed by atoms with Crippen molar-refractivity contribution in [2.45, 2.75) is 11.7 Å². The van der Waals surface area contributed by atoms with Crippen molar-refractivity contribution in [2.24, 2.45) is 0 Å². The van der Waals surface area contributed by atoms with E-state index in [1.54, 1.807) is 28.2 Å². The molecule has 1 aromatic heterocycles. The molecule has 1 unspecified atom stereocenters. The van der Waals surface area contributed by atoms with Crippen molar-refractivity contribution in [1.29, 1.82) is 0 Å². The summed E-state index contributed by atoms with van der Waals surface area (Å²) in [5, 5.41) is 2.57. The summed E-state index contributed by atoms with van der Waals surface area (Å²) < 4.78 is 5.18. The Bertz CT molecular complexity index is 841. The molecule has 4 rings (SSSR count). The van der Waals surface area contributed by atoms with E-state index in [9.17, 15) is 9.59 Å². The van der Waals surface area contributed by atoms with Crippen molar-refractivity contribution < 1.29 is 14.3 Å².